The fourth-order valence-corrected chi connectivity index (χ4v) is 4.99. The van der Waals surface area contributed by atoms with Crippen LogP contribution in [0.4, 0.5) is 4.39 Å². The number of rotatable bonds is 14. The first-order valence-electron chi connectivity index (χ1n) is 13.7. The molecule has 218 valence electrons. The van der Waals surface area contributed by atoms with Gasteiger partial charge in [-0.3, -0.25) is 9.56 Å². The quantitative estimate of drug-likeness (QED) is 0.0981. The van der Waals surface area contributed by atoms with Crippen LogP contribution in [0.2, 0.25) is 5.02 Å². The number of aliphatic imine (C=N–C) groups is 1. The molecular weight excluding hydrogens is 545 g/mol. The summed E-state index contributed by atoms with van der Waals surface area (Å²) in [6.07, 6.45) is 5.24. The summed E-state index contributed by atoms with van der Waals surface area (Å²) in [6.45, 7) is 4.88. The number of guanidine groups is 1. The van der Waals surface area contributed by atoms with Crippen molar-refractivity contribution in [3.8, 4) is 16.9 Å². The van der Waals surface area contributed by atoms with Crippen molar-refractivity contribution in [1.29, 1.82) is 0 Å². The van der Waals surface area contributed by atoms with E-state index in [1.165, 1.54) is 4.57 Å². The normalized spacial score (nSPS) is 12.1. The number of fused-ring (bicyclic) bond motifs is 1. The lowest BCUT2D eigenvalue weighted by Gasteiger charge is -2.11. The van der Waals surface area contributed by atoms with Gasteiger partial charge < -0.3 is 26.5 Å². The van der Waals surface area contributed by atoms with Crippen molar-refractivity contribution in [3.63, 3.8) is 0 Å². The van der Waals surface area contributed by atoms with E-state index in [1.54, 1.807) is 25.4 Å². The van der Waals surface area contributed by atoms with Gasteiger partial charge in [0.2, 0.25) is 0 Å². The number of nitrogens with two attached hydrogens (primary N) is 2. The Labute approximate surface area is 243 Å². The Balaban J connectivity index is 1.48. The Morgan fingerprint density at radius 3 is 2.71 bits per heavy atom. The van der Waals surface area contributed by atoms with E-state index < -0.39 is 11.5 Å². The van der Waals surface area contributed by atoms with Crippen molar-refractivity contribution in [2.45, 2.75) is 39.2 Å². The van der Waals surface area contributed by atoms with E-state index >= 15 is 4.39 Å². The highest BCUT2D eigenvalue weighted by molar-refractivity contribution is 6.31. The number of nitrogens with one attached hydrogen (secondary N) is 2. The van der Waals surface area contributed by atoms with Gasteiger partial charge in [0.15, 0.2) is 11.8 Å². The van der Waals surface area contributed by atoms with Gasteiger partial charge in [-0.1, -0.05) is 30.7 Å². The summed E-state index contributed by atoms with van der Waals surface area (Å²) in [4.78, 5) is 24.1. The van der Waals surface area contributed by atoms with Crippen LogP contribution in [0.25, 0.3) is 28.0 Å². The van der Waals surface area contributed by atoms with Gasteiger partial charge in [-0.2, -0.15) is 4.98 Å². The van der Waals surface area contributed by atoms with Crippen molar-refractivity contribution >= 4 is 28.6 Å². The van der Waals surface area contributed by atoms with Crippen LogP contribution >= 0.6 is 11.6 Å². The van der Waals surface area contributed by atoms with Gasteiger partial charge in [0.05, 0.1) is 16.4 Å². The van der Waals surface area contributed by atoms with E-state index in [4.69, 9.17) is 27.8 Å². The van der Waals surface area contributed by atoms with Crippen LogP contribution in [0.1, 0.15) is 37.3 Å². The average molecular weight is 582 g/mol. The molecule has 11 heteroatoms. The van der Waals surface area contributed by atoms with Gasteiger partial charge >= 0.3 is 5.69 Å². The minimum Gasteiger partial charge on any atom is -0.384 e. The number of methoxy groups -OCH3 is 1. The van der Waals surface area contributed by atoms with Gasteiger partial charge in [0.25, 0.3) is 0 Å². The number of aromatic nitrogens is 3. The number of aryl methyl sites for hydroxylation is 1. The zero-order valence-electron chi connectivity index (χ0n) is 23.4. The zero-order valence-corrected chi connectivity index (χ0v) is 24.2. The summed E-state index contributed by atoms with van der Waals surface area (Å²) in [7, 11) is 1.70. The first-order chi connectivity index (χ1) is 19.7. The lowest BCUT2D eigenvalue weighted by Crippen LogP contribution is -2.23. The molecule has 2 heterocycles. The van der Waals surface area contributed by atoms with Crippen LogP contribution < -0.4 is 22.5 Å². The third-order valence-corrected chi connectivity index (χ3v) is 7.12. The maximum absolute atomic E-state index is 15.1. The second kappa shape index (κ2) is 14.2. The number of nitrogens with zero attached hydrogens (tertiary/aromatic N) is 3. The fourth-order valence-electron chi connectivity index (χ4n) is 4.75. The maximum atomic E-state index is 15.1. The smallest absolute Gasteiger partial charge is 0.354 e. The van der Waals surface area contributed by atoms with Crippen molar-refractivity contribution in [3.05, 3.63) is 81.1 Å². The van der Waals surface area contributed by atoms with E-state index in [0.29, 0.717) is 53.6 Å². The van der Waals surface area contributed by atoms with Crippen LogP contribution in [0.15, 0.2) is 58.4 Å². The lowest BCUT2D eigenvalue weighted by molar-refractivity contribution is 0.154. The number of ether oxygens (including phenoxy) is 1. The molecule has 41 heavy (non-hydrogen) atoms. The highest BCUT2D eigenvalue weighted by Gasteiger charge is 2.16. The van der Waals surface area contributed by atoms with Crippen molar-refractivity contribution in [1.82, 2.24) is 19.9 Å². The second-order valence-electron chi connectivity index (χ2n) is 10.3. The Bertz CT molecular complexity index is 1550. The first-order valence-corrected chi connectivity index (χ1v) is 14.1. The van der Waals surface area contributed by atoms with Gasteiger partial charge in [-0.15, -0.1) is 0 Å². The summed E-state index contributed by atoms with van der Waals surface area (Å²) in [5.41, 5.74) is 14.2. The molecule has 0 bridgehead atoms. The third kappa shape index (κ3) is 8.16. The lowest BCUT2D eigenvalue weighted by atomic mass is 9.99. The summed E-state index contributed by atoms with van der Waals surface area (Å²) >= 11 is 6.27. The molecular formula is C30H37ClFN7O2. The van der Waals surface area contributed by atoms with E-state index in [-0.39, 0.29) is 11.0 Å². The van der Waals surface area contributed by atoms with Crippen molar-refractivity contribution in [2.24, 2.45) is 22.4 Å². The Kier molecular flexibility index (Phi) is 10.5. The van der Waals surface area contributed by atoms with Crippen LogP contribution in [-0.2, 0) is 17.7 Å². The maximum Gasteiger partial charge on any atom is 0.354 e. The Morgan fingerprint density at radius 2 is 1.98 bits per heavy atom. The van der Waals surface area contributed by atoms with Gasteiger partial charge in [0, 0.05) is 44.0 Å². The van der Waals surface area contributed by atoms with Crippen LogP contribution in [0, 0.1) is 11.7 Å². The molecule has 0 fully saturated rings. The Morgan fingerprint density at radius 1 is 1.20 bits per heavy atom. The molecule has 0 spiro atoms. The zero-order chi connectivity index (χ0) is 29.4. The second-order valence-corrected chi connectivity index (χ2v) is 10.7. The fraction of sp³-hybridized carbons (Fsp3) is 0.367. The molecule has 0 aliphatic heterocycles. The number of aromatic amines is 1. The van der Waals surface area contributed by atoms with Crippen molar-refractivity contribution in [2.75, 3.05) is 26.8 Å². The summed E-state index contributed by atoms with van der Waals surface area (Å²) in [5.74, 6) is 0.0363. The van der Waals surface area contributed by atoms with Crippen LogP contribution in [0.5, 0.6) is 0 Å². The van der Waals surface area contributed by atoms with E-state index in [1.807, 2.05) is 30.3 Å². The molecule has 0 amide bonds. The monoisotopic (exact) mass is 581 g/mol. The number of hydrogen-bond acceptors (Lipinski definition) is 5. The number of hydrogen-bond donors (Lipinski definition) is 4. The molecule has 4 aromatic rings. The molecule has 0 saturated heterocycles. The molecule has 2 aromatic carbocycles. The topological polar surface area (TPSA) is 136 Å². The number of halogens is 2. The summed E-state index contributed by atoms with van der Waals surface area (Å²) in [5, 5.41) is 4.09. The Hall–Kier alpha value is -3.73. The van der Waals surface area contributed by atoms with Crippen LogP contribution in [0.3, 0.4) is 0 Å². The van der Waals surface area contributed by atoms with E-state index in [2.05, 4.69) is 27.2 Å². The molecule has 0 aliphatic rings. The predicted octanol–water partition coefficient (Wildman–Crippen LogP) is 4.53. The standard InChI is InChI=1S/C30H37ClFN7O2/c1-19(18-41-2)5-3-6-21-13-24(27(32)25(31)14-21)26-15-22-17-39(30(40)38-28(22)37-26)23-9-7-20(8-10-23)16-35-11-4-12-36-29(33)34/h7-10,13-15,17,19,35H,3-6,11-12,16,18H2,1-2H3,(H4,33,34,36)(H,37,38,40)/t19-/m1/s1. The molecule has 0 radical (unpaired) electrons. The van der Waals surface area contributed by atoms with Gasteiger partial charge in [-0.05, 0) is 79.6 Å². The molecule has 6 N–H and O–H groups in total. The predicted molar refractivity (Wildman–Crippen MR) is 163 cm³/mol. The number of benzene rings is 2. The van der Waals surface area contributed by atoms with Gasteiger partial charge in [-0.25, -0.2) is 9.18 Å². The largest absolute Gasteiger partial charge is 0.384 e. The highest BCUT2D eigenvalue weighted by Crippen LogP contribution is 2.31. The van der Waals surface area contributed by atoms with E-state index in [0.717, 1.165) is 43.4 Å². The average Bonchev–Trinajstić information content (AvgIpc) is 3.35. The molecule has 0 unspecified atom stereocenters. The minimum atomic E-state index is -0.509. The SMILES string of the molecule is COC[C@H](C)CCCc1cc(Cl)c(F)c(-c2cc3cn(-c4ccc(CNCCCN=C(N)N)cc4)c(=O)nc3[nH]2)c1. The molecule has 0 aliphatic carbocycles. The molecule has 2 aromatic heterocycles. The van der Waals surface area contributed by atoms with Crippen molar-refractivity contribution < 1.29 is 9.13 Å². The van der Waals surface area contributed by atoms with E-state index in [9.17, 15) is 4.79 Å². The molecule has 1 atom stereocenters. The minimum absolute atomic E-state index is 0.0666. The third-order valence-electron chi connectivity index (χ3n) is 6.85. The highest BCUT2D eigenvalue weighted by atomic mass is 35.5. The van der Waals surface area contributed by atoms with Gasteiger partial charge in [0.1, 0.15) is 5.65 Å². The van der Waals surface area contributed by atoms with Crippen LogP contribution in [-0.4, -0.2) is 47.3 Å². The first kappa shape index (κ1) is 30.2. The number of H-pyrrole nitrogens is 1. The summed E-state index contributed by atoms with van der Waals surface area (Å²) < 4.78 is 21.8. The molecule has 9 nitrogen and oxygen atoms in total. The molecule has 4 rings (SSSR count). The molecule has 0 saturated carbocycles. The summed E-state index contributed by atoms with van der Waals surface area (Å²) in [6, 6.07) is 12.9.